The van der Waals surface area contributed by atoms with E-state index < -0.39 is 30.0 Å². The van der Waals surface area contributed by atoms with Crippen molar-refractivity contribution in [3.05, 3.63) is 41.7 Å². The fourth-order valence-corrected chi connectivity index (χ4v) is 5.40. The van der Waals surface area contributed by atoms with Crippen molar-refractivity contribution in [3.8, 4) is 23.1 Å². The van der Waals surface area contributed by atoms with Gasteiger partial charge in [0.15, 0.2) is 0 Å². The molecule has 2 aliphatic rings. The molecule has 12 heteroatoms. The summed E-state index contributed by atoms with van der Waals surface area (Å²) in [5, 5.41) is 12.1. The first kappa shape index (κ1) is 34.9. The van der Waals surface area contributed by atoms with Crippen LogP contribution in [0.2, 0.25) is 0 Å². The number of nitrogens with one attached hydrogen (secondary N) is 1. The molecule has 3 N–H and O–H groups in total. The number of nitriles is 1. The first-order valence-electron chi connectivity index (χ1n) is 16.2. The highest BCUT2D eigenvalue weighted by Crippen LogP contribution is 2.30. The number of esters is 1. The maximum absolute atomic E-state index is 14.5. The highest BCUT2D eigenvalue weighted by atomic mass is 19.1. The SMILES string of the molecule is CC(C)(C)OC(=O)NC1CCN(c2cc(OC(N)CCCCCC(=O)OC3CCCCO3)cc(-c3ccc(C#N)c(F)c3)n2)CC1. The van der Waals surface area contributed by atoms with E-state index in [1.807, 2.05) is 32.9 Å². The average Bonchev–Trinajstić information content (AvgIpc) is 3.00. The Morgan fingerprint density at radius 1 is 1.15 bits per heavy atom. The van der Waals surface area contributed by atoms with E-state index in [0.717, 1.165) is 32.1 Å². The van der Waals surface area contributed by atoms with Crippen LogP contribution in [-0.4, -0.2) is 60.9 Å². The number of anilines is 1. The molecule has 2 fully saturated rings. The Kier molecular flexibility index (Phi) is 12.6. The van der Waals surface area contributed by atoms with E-state index >= 15 is 0 Å². The van der Waals surface area contributed by atoms with Crippen LogP contribution in [0.3, 0.4) is 0 Å². The van der Waals surface area contributed by atoms with Gasteiger partial charge in [0, 0.05) is 49.7 Å². The molecule has 2 aliphatic heterocycles. The van der Waals surface area contributed by atoms with Gasteiger partial charge in [-0.05, 0) is 77.8 Å². The fourth-order valence-electron chi connectivity index (χ4n) is 5.40. The number of ether oxygens (including phenoxy) is 4. The Morgan fingerprint density at radius 3 is 2.61 bits per heavy atom. The molecule has 46 heavy (non-hydrogen) atoms. The van der Waals surface area contributed by atoms with Gasteiger partial charge in [-0.2, -0.15) is 5.26 Å². The van der Waals surface area contributed by atoms with Crippen LogP contribution in [0.5, 0.6) is 5.75 Å². The summed E-state index contributed by atoms with van der Waals surface area (Å²) in [5.74, 6) is 0.256. The molecule has 0 radical (unpaired) electrons. The monoisotopic (exact) mass is 639 g/mol. The molecular weight excluding hydrogens is 593 g/mol. The highest BCUT2D eigenvalue weighted by molar-refractivity contribution is 5.69. The van der Waals surface area contributed by atoms with Crippen LogP contribution in [-0.2, 0) is 19.0 Å². The van der Waals surface area contributed by atoms with Gasteiger partial charge in [-0.3, -0.25) is 10.5 Å². The summed E-state index contributed by atoms with van der Waals surface area (Å²) in [6, 6.07) is 9.70. The number of unbranched alkanes of at least 4 members (excludes halogenated alkanes) is 2. The Labute approximate surface area is 270 Å². The quantitative estimate of drug-likeness (QED) is 0.162. The molecule has 0 aliphatic carbocycles. The molecule has 0 saturated carbocycles. The minimum Gasteiger partial charge on any atom is -0.475 e. The molecule has 0 bridgehead atoms. The molecule has 11 nitrogen and oxygen atoms in total. The minimum absolute atomic E-state index is 0.0338. The smallest absolute Gasteiger partial charge is 0.407 e. The topological polar surface area (TPSA) is 149 Å². The van der Waals surface area contributed by atoms with Crippen molar-refractivity contribution in [1.29, 1.82) is 5.26 Å². The molecule has 250 valence electrons. The first-order chi connectivity index (χ1) is 22.0. The van der Waals surface area contributed by atoms with E-state index in [2.05, 4.69) is 10.2 Å². The number of piperidine rings is 1. The largest absolute Gasteiger partial charge is 0.475 e. The van der Waals surface area contributed by atoms with E-state index in [4.69, 9.17) is 34.9 Å². The molecule has 0 spiro atoms. The van der Waals surface area contributed by atoms with Crippen molar-refractivity contribution in [2.45, 2.75) is 109 Å². The van der Waals surface area contributed by atoms with Crippen molar-refractivity contribution in [2.24, 2.45) is 5.73 Å². The fraction of sp³-hybridized carbons (Fsp3) is 0.588. The van der Waals surface area contributed by atoms with E-state index in [-0.39, 0.29) is 17.6 Å². The van der Waals surface area contributed by atoms with Gasteiger partial charge in [0.05, 0.1) is 17.9 Å². The first-order valence-corrected chi connectivity index (χ1v) is 16.2. The van der Waals surface area contributed by atoms with Crippen LogP contribution in [0, 0.1) is 17.1 Å². The van der Waals surface area contributed by atoms with Crippen LogP contribution in [0.25, 0.3) is 11.3 Å². The van der Waals surface area contributed by atoms with Crippen LogP contribution in [0.15, 0.2) is 30.3 Å². The predicted molar refractivity (Wildman–Crippen MR) is 170 cm³/mol. The summed E-state index contributed by atoms with van der Waals surface area (Å²) in [5.41, 5.74) is 6.71. The molecular formula is C34H46FN5O6. The number of amides is 1. The number of alkyl carbamates (subject to hydrolysis) is 1. The summed E-state index contributed by atoms with van der Waals surface area (Å²) in [6.45, 7) is 7.36. The summed E-state index contributed by atoms with van der Waals surface area (Å²) >= 11 is 0. The number of benzene rings is 1. The second-order valence-electron chi connectivity index (χ2n) is 12.8. The molecule has 2 unspecified atom stereocenters. The Hall–Kier alpha value is -3.95. The van der Waals surface area contributed by atoms with Gasteiger partial charge in [-0.1, -0.05) is 12.5 Å². The van der Waals surface area contributed by atoms with Crippen LogP contribution < -0.4 is 20.7 Å². The minimum atomic E-state index is -0.629. The number of aromatic nitrogens is 1. The van der Waals surface area contributed by atoms with Gasteiger partial charge in [-0.15, -0.1) is 0 Å². The molecule has 2 atom stereocenters. The molecule has 4 rings (SSSR count). The number of hydrogen-bond donors (Lipinski definition) is 2. The van der Waals surface area contributed by atoms with Crippen molar-refractivity contribution < 1.29 is 32.9 Å². The number of carbonyl (C=O) groups is 2. The lowest BCUT2D eigenvalue weighted by atomic mass is 10.0. The maximum atomic E-state index is 14.5. The van der Waals surface area contributed by atoms with Gasteiger partial charge in [0.2, 0.25) is 6.29 Å². The highest BCUT2D eigenvalue weighted by Gasteiger charge is 2.25. The zero-order valence-corrected chi connectivity index (χ0v) is 27.1. The number of hydrogen-bond acceptors (Lipinski definition) is 10. The second-order valence-corrected chi connectivity index (χ2v) is 12.8. The zero-order chi connectivity index (χ0) is 33.1. The van der Waals surface area contributed by atoms with Crippen molar-refractivity contribution >= 4 is 17.9 Å². The summed E-state index contributed by atoms with van der Waals surface area (Å²) < 4.78 is 36.9. The molecule has 1 aromatic carbocycles. The third-order valence-electron chi connectivity index (χ3n) is 7.77. The number of nitrogens with two attached hydrogens (primary N) is 1. The summed E-state index contributed by atoms with van der Waals surface area (Å²) in [4.78, 5) is 31.3. The van der Waals surface area contributed by atoms with Crippen LogP contribution in [0.1, 0.15) is 90.5 Å². The number of rotatable bonds is 12. The molecule has 1 amide bonds. The summed E-state index contributed by atoms with van der Waals surface area (Å²) in [6.07, 6.45) is 5.82. The predicted octanol–water partition coefficient (Wildman–Crippen LogP) is 5.94. The molecule has 3 heterocycles. The summed E-state index contributed by atoms with van der Waals surface area (Å²) in [7, 11) is 0. The number of nitrogens with zero attached hydrogens (tertiary/aromatic N) is 3. The lowest BCUT2D eigenvalue weighted by Crippen LogP contribution is -2.46. The van der Waals surface area contributed by atoms with E-state index in [0.29, 0.717) is 74.6 Å². The zero-order valence-electron chi connectivity index (χ0n) is 27.1. The second kappa shape index (κ2) is 16.6. The van der Waals surface area contributed by atoms with Gasteiger partial charge in [0.1, 0.15) is 35.3 Å². The normalized spacial score (nSPS) is 17.9. The molecule has 1 aromatic heterocycles. The van der Waals surface area contributed by atoms with Gasteiger partial charge >= 0.3 is 12.1 Å². The molecule has 2 aromatic rings. The third-order valence-corrected chi connectivity index (χ3v) is 7.77. The Balaban J connectivity index is 1.35. The maximum Gasteiger partial charge on any atom is 0.407 e. The average molecular weight is 640 g/mol. The number of carbonyl (C=O) groups excluding carboxylic acids is 2. The number of halogens is 1. The van der Waals surface area contributed by atoms with Crippen molar-refractivity contribution in [1.82, 2.24) is 10.3 Å². The van der Waals surface area contributed by atoms with Crippen LogP contribution >= 0.6 is 0 Å². The standard InChI is InChI=1S/C34H46FN5O6/c1-34(2,3)46-33(42)38-25-14-16-40(17-15-25)30-21-26(20-28(39-30)23-12-13-24(22-36)27(35)19-23)44-29(37)9-5-4-6-10-31(41)45-32-11-7-8-18-43-32/h12-13,19-21,25,29,32H,4-11,14-18,37H2,1-3H3,(H,38,42). The Morgan fingerprint density at radius 2 is 1.93 bits per heavy atom. The number of pyridine rings is 1. The molecule has 2 saturated heterocycles. The van der Waals surface area contributed by atoms with E-state index in [9.17, 15) is 14.0 Å². The Bertz CT molecular complexity index is 1360. The third kappa shape index (κ3) is 11.1. The lowest BCUT2D eigenvalue weighted by Gasteiger charge is -2.34. The van der Waals surface area contributed by atoms with Gasteiger partial charge in [0.25, 0.3) is 0 Å². The van der Waals surface area contributed by atoms with Crippen molar-refractivity contribution in [3.63, 3.8) is 0 Å². The van der Waals surface area contributed by atoms with E-state index in [1.165, 1.54) is 12.1 Å². The van der Waals surface area contributed by atoms with Crippen molar-refractivity contribution in [2.75, 3.05) is 24.6 Å². The van der Waals surface area contributed by atoms with Gasteiger partial charge in [-0.25, -0.2) is 14.2 Å². The van der Waals surface area contributed by atoms with E-state index in [1.54, 1.807) is 12.1 Å². The lowest BCUT2D eigenvalue weighted by molar-refractivity contribution is -0.186. The van der Waals surface area contributed by atoms with Crippen LogP contribution in [0.4, 0.5) is 15.0 Å². The van der Waals surface area contributed by atoms with Gasteiger partial charge < -0.3 is 29.2 Å².